The molecule has 0 saturated carbocycles. The number of amides is 9. The molecular weight excluding hydrogens is 1010 g/mol. The van der Waals surface area contributed by atoms with E-state index in [1.165, 1.54) is 109 Å². The first-order valence-corrected chi connectivity index (χ1v) is 26.4. The van der Waals surface area contributed by atoms with Gasteiger partial charge in [0.05, 0.1) is 0 Å². The van der Waals surface area contributed by atoms with Gasteiger partial charge in [-0.2, -0.15) is 0 Å². The Morgan fingerprint density at radius 3 is 0.959 bits per heavy atom. The van der Waals surface area contributed by atoms with E-state index in [4.69, 9.17) is 9.05 Å². The average Bonchev–Trinajstić information content (AvgIpc) is 3.90. The lowest BCUT2D eigenvalue weighted by Crippen LogP contribution is -2.47. The summed E-state index contributed by atoms with van der Waals surface area (Å²) in [5.41, 5.74) is -7.05. The van der Waals surface area contributed by atoms with Gasteiger partial charge in [0.1, 0.15) is 20.2 Å². The molecule has 0 bridgehead atoms. The topological polar surface area (TPSA) is 290 Å². The summed E-state index contributed by atoms with van der Waals surface area (Å²) in [6.45, 7) is -4.28. The average molecular weight is 1050 g/mol. The fourth-order valence-electron chi connectivity index (χ4n) is 9.26. The zero-order valence-corrected chi connectivity index (χ0v) is 40.4. The predicted octanol–water partition coefficient (Wildman–Crippen LogP) is 6.11. The SMILES string of the molecule is O=C1NC(c2ccccc2)(c2ccccc2)C(=O)N1COP(=O)(O)N1C(=O)N(COP(=O)(O)N2C(=O)N(COP(=O)(O)O)C(=O)C2(c2ccccc2)c2ccccc2)C(=O)C1(c1ccccc1)c1ccccc1. The lowest BCUT2D eigenvalue weighted by molar-refractivity contribution is -0.135. The van der Waals surface area contributed by atoms with Crippen LogP contribution in [0.3, 0.4) is 0 Å². The van der Waals surface area contributed by atoms with Crippen LogP contribution in [-0.4, -0.2) is 99.6 Å². The monoisotopic (exact) mass is 1050 g/mol. The molecule has 6 aromatic carbocycles. The van der Waals surface area contributed by atoms with Crippen molar-refractivity contribution >= 4 is 59.1 Å². The largest absolute Gasteiger partial charge is 0.471 e. The van der Waals surface area contributed by atoms with Crippen LogP contribution in [0.25, 0.3) is 0 Å². The number of carbonyl (C=O) groups excluding carboxylic acids is 6. The summed E-state index contributed by atoms with van der Waals surface area (Å²) in [6, 6.07) is 40.2. The highest BCUT2D eigenvalue weighted by Crippen LogP contribution is 2.62. The van der Waals surface area contributed by atoms with Crippen molar-refractivity contribution in [1.29, 1.82) is 0 Å². The van der Waals surface area contributed by atoms with Crippen LogP contribution in [0.5, 0.6) is 0 Å². The van der Waals surface area contributed by atoms with E-state index in [9.17, 15) is 47.9 Å². The van der Waals surface area contributed by atoms with Crippen molar-refractivity contribution in [3.8, 4) is 0 Å². The standard InChI is InChI=1S/C48H41N6O16P3/c55-40-46(34-19-7-1-8-20-34,35-21-9-2-10-22-35)49-43(58)50(40)31-68-71(61,62)53-44(59)51(41(56)47(53,36-23-11-3-12-24-36)37-25-13-4-14-26-37)32-69-72(63,64)54-45(60)52(33-70-73(65,66)67)42(57)48(54,38-27-15-5-16-28-38)39-29-17-6-18-30-39/h1-30H,31-33H2,(H,49,58)(H,61,62)(H,63,64)(H2,65,66,67). The molecule has 9 rings (SSSR count). The molecule has 3 saturated heterocycles. The third-order valence-corrected chi connectivity index (χ3v) is 15.7. The molecule has 3 fully saturated rings. The Hall–Kier alpha value is -7.45. The smallest absolute Gasteiger partial charge is 0.315 e. The molecule has 2 atom stereocenters. The van der Waals surface area contributed by atoms with Gasteiger partial charge in [-0.15, -0.1) is 0 Å². The summed E-state index contributed by atoms with van der Waals surface area (Å²) >= 11 is 0. The first kappa shape index (κ1) is 50.5. The molecule has 0 aromatic heterocycles. The summed E-state index contributed by atoms with van der Waals surface area (Å²) in [4.78, 5) is 132. The second kappa shape index (κ2) is 19.2. The molecule has 2 unspecified atom stereocenters. The van der Waals surface area contributed by atoms with Crippen LogP contribution in [0.2, 0.25) is 0 Å². The number of rotatable bonds is 17. The van der Waals surface area contributed by atoms with Crippen LogP contribution >= 0.6 is 23.3 Å². The van der Waals surface area contributed by atoms with Crippen LogP contribution in [-0.2, 0) is 58.3 Å². The van der Waals surface area contributed by atoms with Crippen LogP contribution < -0.4 is 5.32 Å². The van der Waals surface area contributed by atoms with E-state index < -0.39 is 95.9 Å². The lowest BCUT2D eigenvalue weighted by Gasteiger charge is -2.37. The number of benzene rings is 6. The van der Waals surface area contributed by atoms with Gasteiger partial charge in [-0.1, -0.05) is 182 Å². The number of nitrogens with zero attached hydrogens (tertiary/aromatic N) is 5. The van der Waals surface area contributed by atoms with Gasteiger partial charge in [-0.3, -0.25) is 28.0 Å². The zero-order valence-electron chi connectivity index (χ0n) is 37.7. The number of imide groups is 3. The number of phosphoric ester groups is 1. The Labute approximate surface area is 415 Å². The maximum Gasteiger partial charge on any atom is 0.471 e. The molecule has 9 amide bonds. The van der Waals surface area contributed by atoms with E-state index in [0.29, 0.717) is 16.0 Å². The third kappa shape index (κ3) is 8.38. The molecule has 3 aliphatic rings. The van der Waals surface area contributed by atoms with E-state index in [1.54, 1.807) is 72.8 Å². The van der Waals surface area contributed by atoms with Crippen molar-refractivity contribution in [2.24, 2.45) is 0 Å². The van der Waals surface area contributed by atoms with Gasteiger partial charge in [0.2, 0.25) is 0 Å². The molecule has 6 aromatic rings. The number of carbonyl (C=O) groups is 6. The van der Waals surface area contributed by atoms with Gasteiger partial charge in [0, 0.05) is 0 Å². The van der Waals surface area contributed by atoms with Crippen LogP contribution in [0, 0.1) is 0 Å². The molecule has 374 valence electrons. The molecule has 22 nitrogen and oxygen atoms in total. The lowest BCUT2D eigenvalue weighted by atomic mass is 9.82. The van der Waals surface area contributed by atoms with Crippen molar-refractivity contribution in [1.82, 2.24) is 29.4 Å². The first-order valence-electron chi connectivity index (χ1n) is 21.8. The quantitative estimate of drug-likeness (QED) is 0.0508. The molecule has 3 heterocycles. The zero-order chi connectivity index (χ0) is 52.0. The maximum absolute atomic E-state index is 15.4. The van der Waals surface area contributed by atoms with E-state index in [0.717, 1.165) is 0 Å². The van der Waals surface area contributed by atoms with E-state index in [2.05, 4.69) is 9.84 Å². The molecule has 73 heavy (non-hydrogen) atoms. The van der Waals surface area contributed by atoms with Crippen molar-refractivity contribution in [3.63, 3.8) is 0 Å². The van der Waals surface area contributed by atoms with Crippen molar-refractivity contribution in [3.05, 3.63) is 215 Å². The fourth-order valence-corrected chi connectivity index (χ4v) is 12.3. The van der Waals surface area contributed by atoms with E-state index >= 15 is 14.2 Å². The normalized spacial score (nSPS) is 19.0. The summed E-state index contributed by atoms with van der Waals surface area (Å²) in [5, 5.41) is 2.68. The number of hydrogen-bond acceptors (Lipinski definition) is 12. The van der Waals surface area contributed by atoms with E-state index in [1.807, 2.05) is 0 Å². The number of phosphoric acid groups is 1. The molecule has 3 aliphatic heterocycles. The summed E-state index contributed by atoms with van der Waals surface area (Å²) in [7, 11) is -17.3. The summed E-state index contributed by atoms with van der Waals surface area (Å²) in [6.07, 6.45) is 0. The highest BCUT2D eigenvalue weighted by Gasteiger charge is 2.69. The Morgan fingerprint density at radius 2 is 0.658 bits per heavy atom. The Bertz CT molecular complexity index is 3150. The van der Waals surface area contributed by atoms with Gasteiger partial charge in [0.15, 0.2) is 16.6 Å². The van der Waals surface area contributed by atoms with E-state index in [-0.39, 0.29) is 41.4 Å². The predicted molar refractivity (Wildman–Crippen MR) is 254 cm³/mol. The summed E-state index contributed by atoms with van der Waals surface area (Å²) in [5.74, 6) is -3.64. The van der Waals surface area contributed by atoms with Gasteiger partial charge in [-0.25, -0.2) is 52.1 Å². The molecule has 25 heteroatoms. The summed E-state index contributed by atoms with van der Waals surface area (Å²) < 4.78 is 57.8. The van der Waals surface area contributed by atoms with Gasteiger partial charge in [0.25, 0.3) is 17.7 Å². The first-order chi connectivity index (χ1) is 34.8. The van der Waals surface area contributed by atoms with Gasteiger partial charge in [-0.05, 0) is 33.4 Å². The van der Waals surface area contributed by atoms with Gasteiger partial charge >= 0.3 is 41.4 Å². The number of nitrogens with one attached hydrogen (secondary N) is 1. The second-order valence-corrected chi connectivity index (χ2v) is 20.9. The molecule has 0 spiro atoms. The molecular formula is C48H41N6O16P3. The minimum absolute atomic E-state index is 0.101. The minimum Gasteiger partial charge on any atom is -0.315 e. The van der Waals surface area contributed by atoms with Crippen LogP contribution in [0.1, 0.15) is 33.4 Å². The maximum atomic E-state index is 15.4. The minimum atomic E-state index is -5.99. The third-order valence-electron chi connectivity index (χ3n) is 12.4. The van der Waals surface area contributed by atoms with Crippen molar-refractivity contribution in [2.45, 2.75) is 16.6 Å². The number of urea groups is 3. The number of hydrogen-bond donors (Lipinski definition) is 5. The van der Waals surface area contributed by atoms with Gasteiger partial charge < -0.3 is 24.9 Å². The second-order valence-electron chi connectivity index (χ2n) is 16.4. The van der Waals surface area contributed by atoms with Crippen molar-refractivity contribution in [2.75, 3.05) is 20.2 Å². The fraction of sp³-hybridized carbons (Fsp3) is 0.125. The van der Waals surface area contributed by atoms with Crippen molar-refractivity contribution < 1.29 is 75.6 Å². The van der Waals surface area contributed by atoms with Crippen LogP contribution in [0.15, 0.2) is 182 Å². The Balaban J connectivity index is 1.11. The molecule has 5 N–H and O–H groups in total. The highest BCUT2D eigenvalue weighted by atomic mass is 31.2. The Morgan fingerprint density at radius 1 is 0.384 bits per heavy atom. The Kier molecular flexibility index (Phi) is 13.3. The van der Waals surface area contributed by atoms with Crippen LogP contribution in [0.4, 0.5) is 14.4 Å². The highest BCUT2D eigenvalue weighted by molar-refractivity contribution is 7.51. The molecule has 0 aliphatic carbocycles. The molecule has 0 radical (unpaired) electrons.